The number of hydrogen-bond acceptors (Lipinski definition) is 2. The Labute approximate surface area is 114 Å². The van der Waals surface area contributed by atoms with Crippen LogP contribution in [0.15, 0.2) is 22.7 Å². The van der Waals surface area contributed by atoms with E-state index < -0.39 is 15.8 Å². The highest BCUT2D eigenvalue weighted by atomic mass is 79.9. The third-order valence-electron chi connectivity index (χ3n) is 1.96. The molecule has 1 N–H and O–H groups in total. The van der Waals surface area contributed by atoms with Gasteiger partial charge >= 0.3 is 0 Å². The lowest BCUT2D eigenvalue weighted by Gasteiger charge is -2.11. The Hall–Kier alpha value is -0.330. The Morgan fingerprint density at radius 3 is 2.71 bits per heavy atom. The van der Waals surface area contributed by atoms with Crippen LogP contribution in [0.25, 0.3) is 0 Å². The molecule has 0 spiro atoms. The number of nitrogens with one attached hydrogen (secondary N) is 1. The molecule has 1 rings (SSSR count). The number of halogens is 3. The predicted molar refractivity (Wildman–Crippen MR) is 71.4 cm³/mol. The summed E-state index contributed by atoms with van der Waals surface area (Å²) in [5, 5.41) is 0. The molecule has 0 aliphatic rings. The summed E-state index contributed by atoms with van der Waals surface area (Å²) in [5.41, 5.74) is -0.0602. The van der Waals surface area contributed by atoms with E-state index in [9.17, 15) is 12.8 Å². The first kappa shape index (κ1) is 14.7. The minimum atomic E-state index is -3.57. The molecular weight excluding hydrogens is 333 g/mol. The van der Waals surface area contributed by atoms with Crippen molar-refractivity contribution in [2.45, 2.75) is 6.92 Å². The van der Waals surface area contributed by atoms with Crippen molar-refractivity contribution in [2.24, 2.45) is 5.92 Å². The van der Waals surface area contributed by atoms with Crippen molar-refractivity contribution in [3.05, 3.63) is 28.5 Å². The van der Waals surface area contributed by atoms with Gasteiger partial charge in [-0.25, -0.2) is 12.8 Å². The Kier molecular flexibility index (Phi) is 5.22. The monoisotopic (exact) mass is 343 g/mol. The largest absolute Gasteiger partial charge is 0.281 e. The van der Waals surface area contributed by atoms with Gasteiger partial charge in [0.05, 0.1) is 11.4 Å². The third kappa shape index (κ3) is 4.81. The fourth-order valence-corrected chi connectivity index (χ4v) is 3.22. The standard InChI is InChI=1S/C10H12BrClFNO2S/c1-7(5-12)6-17(15,16)14-10-3-2-8(11)4-9(10)13/h2-4,7,14H,5-6H2,1H3. The summed E-state index contributed by atoms with van der Waals surface area (Å²) < 4.78 is 39.5. The van der Waals surface area contributed by atoms with Crippen molar-refractivity contribution in [1.82, 2.24) is 0 Å². The van der Waals surface area contributed by atoms with E-state index in [2.05, 4.69) is 20.7 Å². The normalized spacial score (nSPS) is 13.4. The van der Waals surface area contributed by atoms with E-state index in [0.29, 0.717) is 4.47 Å². The molecule has 0 saturated carbocycles. The second-order valence-electron chi connectivity index (χ2n) is 3.77. The first-order chi connectivity index (χ1) is 7.84. The Bertz CT molecular complexity index is 495. The second-order valence-corrected chi connectivity index (χ2v) is 6.76. The lowest BCUT2D eigenvalue weighted by molar-refractivity contribution is 0.586. The molecule has 17 heavy (non-hydrogen) atoms. The van der Waals surface area contributed by atoms with E-state index >= 15 is 0 Å². The van der Waals surface area contributed by atoms with Crippen molar-refractivity contribution in [3.8, 4) is 0 Å². The van der Waals surface area contributed by atoms with Crippen LogP contribution in [-0.2, 0) is 10.0 Å². The van der Waals surface area contributed by atoms with E-state index in [1.165, 1.54) is 12.1 Å². The van der Waals surface area contributed by atoms with Gasteiger partial charge in [-0.1, -0.05) is 22.9 Å². The van der Waals surface area contributed by atoms with Gasteiger partial charge in [0.2, 0.25) is 10.0 Å². The lowest BCUT2D eigenvalue weighted by atomic mass is 10.3. The van der Waals surface area contributed by atoms with Gasteiger partial charge < -0.3 is 0 Å². The zero-order chi connectivity index (χ0) is 13.1. The summed E-state index contributed by atoms with van der Waals surface area (Å²) in [6.45, 7) is 1.71. The maximum atomic E-state index is 13.4. The second kappa shape index (κ2) is 6.02. The molecule has 1 aromatic rings. The SMILES string of the molecule is CC(CCl)CS(=O)(=O)Nc1ccc(Br)cc1F. The average molecular weight is 345 g/mol. The van der Waals surface area contributed by atoms with Gasteiger partial charge in [-0.05, 0) is 24.1 Å². The van der Waals surface area contributed by atoms with Crippen LogP contribution in [0.4, 0.5) is 10.1 Å². The minimum Gasteiger partial charge on any atom is -0.281 e. The fourth-order valence-electron chi connectivity index (χ4n) is 1.20. The molecule has 0 aliphatic carbocycles. The van der Waals surface area contributed by atoms with E-state index in [0.717, 1.165) is 0 Å². The van der Waals surface area contributed by atoms with Gasteiger partial charge in [-0.3, -0.25) is 4.72 Å². The summed E-state index contributed by atoms with van der Waals surface area (Å²) in [7, 11) is -3.57. The molecule has 1 aromatic carbocycles. The molecule has 1 atom stereocenters. The molecule has 0 radical (unpaired) electrons. The molecule has 96 valence electrons. The first-order valence-electron chi connectivity index (χ1n) is 4.85. The lowest BCUT2D eigenvalue weighted by Crippen LogP contribution is -2.22. The zero-order valence-electron chi connectivity index (χ0n) is 9.08. The molecule has 0 aliphatic heterocycles. The molecule has 0 fully saturated rings. The molecule has 0 bridgehead atoms. The van der Waals surface area contributed by atoms with Crippen molar-refractivity contribution in [2.75, 3.05) is 16.4 Å². The number of rotatable bonds is 5. The molecule has 0 heterocycles. The highest BCUT2D eigenvalue weighted by molar-refractivity contribution is 9.10. The topological polar surface area (TPSA) is 46.2 Å². The molecule has 0 aromatic heterocycles. The highest BCUT2D eigenvalue weighted by Gasteiger charge is 2.16. The smallest absolute Gasteiger partial charge is 0.233 e. The van der Waals surface area contributed by atoms with Crippen LogP contribution in [0.1, 0.15) is 6.92 Å². The Morgan fingerprint density at radius 1 is 1.53 bits per heavy atom. The number of hydrogen-bond donors (Lipinski definition) is 1. The van der Waals surface area contributed by atoms with E-state index in [-0.39, 0.29) is 23.2 Å². The van der Waals surface area contributed by atoms with Crippen molar-refractivity contribution >= 4 is 43.2 Å². The molecular formula is C10H12BrClFNO2S. The molecule has 7 heteroatoms. The molecule has 1 unspecified atom stereocenters. The van der Waals surface area contributed by atoms with Gasteiger partial charge in [0.25, 0.3) is 0 Å². The summed E-state index contributed by atoms with van der Waals surface area (Å²) in [4.78, 5) is 0. The van der Waals surface area contributed by atoms with Gasteiger partial charge in [0.15, 0.2) is 0 Å². The van der Waals surface area contributed by atoms with E-state index in [1.54, 1.807) is 13.0 Å². The van der Waals surface area contributed by atoms with Crippen LogP contribution in [0.2, 0.25) is 0 Å². The number of anilines is 1. The fraction of sp³-hybridized carbons (Fsp3) is 0.400. The van der Waals surface area contributed by atoms with Crippen molar-refractivity contribution in [3.63, 3.8) is 0 Å². The number of benzene rings is 1. The molecule has 0 amide bonds. The first-order valence-corrected chi connectivity index (χ1v) is 7.83. The van der Waals surface area contributed by atoms with Gasteiger partial charge in [-0.15, -0.1) is 11.6 Å². The van der Waals surface area contributed by atoms with Crippen LogP contribution in [0.3, 0.4) is 0 Å². The zero-order valence-corrected chi connectivity index (χ0v) is 12.2. The summed E-state index contributed by atoms with van der Waals surface area (Å²) in [5.74, 6) is -0.704. The third-order valence-corrected chi connectivity index (χ3v) is 4.52. The van der Waals surface area contributed by atoms with Crippen molar-refractivity contribution in [1.29, 1.82) is 0 Å². The number of alkyl halides is 1. The van der Waals surface area contributed by atoms with Gasteiger partial charge in [0, 0.05) is 10.4 Å². The quantitative estimate of drug-likeness (QED) is 0.834. The van der Waals surface area contributed by atoms with Gasteiger partial charge in [-0.2, -0.15) is 0 Å². The Balaban J connectivity index is 2.83. The van der Waals surface area contributed by atoms with Crippen LogP contribution in [-0.4, -0.2) is 20.1 Å². The molecule has 0 saturated heterocycles. The summed E-state index contributed by atoms with van der Waals surface area (Å²) >= 11 is 8.63. The Morgan fingerprint density at radius 2 is 2.18 bits per heavy atom. The molecule has 3 nitrogen and oxygen atoms in total. The van der Waals surface area contributed by atoms with Crippen LogP contribution >= 0.6 is 27.5 Å². The van der Waals surface area contributed by atoms with E-state index in [4.69, 9.17) is 11.6 Å². The summed E-state index contributed by atoms with van der Waals surface area (Å²) in [6, 6.07) is 4.12. The average Bonchev–Trinajstić information content (AvgIpc) is 2.21. The minimum absolute atomic E-state index is 0.0602. The predicted octanol–water partition coefficient (Wildman–Crippen LogP) is 3.20. The maximum absolute atomic E-state index is 13.4. The highest BCUT2D eigenvalue weighted by Crippen LogP contribution is 2.20. The van der Waals surface area contributed by atoms with Crippen LogP contribution < -0.4 is 4.72 Å². The summed E-state index contributed by atoms with van der Waals surface area (Å²) in [6.07, 6.45) is 0. The van der Waals surface area contributed by atoms with Crippen LogP contribution in [0.5, 0.6) is 0 Å². The van der Waals surface area contributed by atoms with Crippen LogP contribution in [0, 0.1) is 11.7 Å². The van der Waals surface area contributed by atoms with E-state index in [1.807, 2.05) is 0 Å². The van der Waals surface area contributed by atoms with Gasteiger partial charge in [0.1, 0.15) is 5.82 Å². The van der Waals surface area contributed by atoms with Crippen molar-refractivity contribution < 1.29 is 12.8 Å². The number of sulfonamides is 1. The maximum Gasteiger partial charge on any atom is 0.233 e.